The highest BCUT2D eigenvalue weighted by atomic mass is 16.5. The van der Waals surface area contributed by atoms with Crippen molar-refractivity contribution in [2.75, 3.05) is 33.8 Å². The van der Waals surface area contributed by atoms with Crippen molar-refractivity contribution in [2.45, 2.75) is 32.2 Å². The van der Waals surface area contributed by atoms with Gasteiger partial charge in [-0.15, -0.1) is 0 Å². The Morgan fingerprint density at radius 2 is 2.10 bits per heavy atom. The lowest BCUT2D eigenvalue weighted by atomic mass is 9.93. The lowest BCUT2D eigenvalue weighted by molar-refractivity contribution is 0.160. The van der Waals surface area contributed by atoms with E-state index in [1.54, 1.807) is 7.11 Å². The van der Waals surface area contributed by atoms with E-state index in [9.17, 15) is 0 Å². The third-order valence-electron chi connectivity index (χ3n) is 4.21. The van der Waals surface area contributed by atoms with Gasteiger partial charge in [0.2, 0.25) is 0 Å². The Kier molecular flexibility index (Phi) is 6.34. The molecular weight excluding hydrogens is 248 g/mol. The van der Waals surface area contributed by atoms with Crippen LogP contribution in [0.4, 0.5) is 0 Å². The van der Waals surface area contributed by atoms with Crippen LogP contribution in [0.5, 0.6) is 5.75 Å². The molecule has 0 spiro atoms. The summed E-state index contributed by atoms with van der Waals surface area (Å²) in [5.74, 6) is 1.83. The largest absolute Gasteiger partial charge is 0.497 e. The Morgan fingerprint density at radius 1 is 1.30 bits per heavy atom. The summed E-state index contributed by atoms with van der Waals surface area (Å²) in [6, 6.07) is 8.49. The molecule has 20 heavy (non-hydrogen) atoms. The number of hydrogen-bond acceptors (Lipinski definition) is 3. The van der Waals surface area contributed by atoms with Crippen molar-refractivity contribution < 1.29 is 4.74 Å². The SMILES string of the molecule is CNCCCC1CCCN(Cc2ccc(OC)cc2)C1. The molecule has 1 heterocycles. The second-order valence-electron chi connectivity index (χ2n) is 5.84. The zero-order valence-electron chi connectivity index (χ0n) is 12.9. The molecule has 0 saturated carbocycles. The van der Waals surface area contributed by atoms with Crippen molar-refractivity contribution >= 4 is 0 Å². The third-order valence-corrected chi connectivity index (χ3v) is 4.21. The molecule has 1 aromatic rings. The van der Waals surface area contributed by atoms with Gasteiger partial charge in [-0.05, 0) is 69.4 Å². The average molecular weight is 276 g/mol. The summed E-state index contributed by atoms with van der Waals surface area (Å²) in [6.45, 7) is 4.73. The van der Waals surface area contributed by atoms with Gasteiger partial charge >= 0.3 is 0 Å². The molecule has 3 nitrogen and oxygen atoms in total. The lowest BCUT2D eigenvalue weighted by Gasteiger charge is -2.32. The maximum Gasteiger partial charge on any atom is 0.118 e. The normalized spacial score (nSPS) is 20.0. The van der Waals surface area contributed by atoms with Gasteiger partial charge in [0, 0.05) is 13.1 Å². The highest BCUT2D eigenvalue weighted by molar-refractivity contribution is 5.27. The molecule has 2 rings (SSSR count). The predicted molar refractivity (Wildman–Crippen MR) is 84.2 cm³/mol. The Bertz CT molecular complexity index is 377. The smallest absolute Gasteiger partial charge is 0.118 e. The van der Waals surface area contributed by atoms with E-state index in [1.807, 2.05) is 7.05 Å². The molecule has 1 fully saturated rings. The van der Waals surface area contributed by atoms with E-state index in [4.69, 9.17) is 4.74 Å². The minimum absolute atomic E-state index is 0.885. The number of hydrogen-bond donors (Lipinski definition) is 1. The second-order valence-corrected chi connectivity index (χ2v) is 5.84. The van der Waals surface area contributed by atoms with Gasteiger partial charge < -0.3 is 10.1 Å². The van der Waals surface area contributed by atoms with Crippen molar-refractivity contribution in [3.63, 3.8) is 0 Å². The standard InChI is InChI=1S/C17H28N2O/c1-18-11-3-5-15-6-4-12-19(13-15)14-16-7-9-17(20-2)10-8-16/h7-10,15,18H,3-6,11-14H2,1-2H3. The second kappa shape index (κ2) is 8.28. The van der Waals surface area contributed by atoms with Crippen LogP contribution in [0, 0.1) is 5.92 Å². The van der Waals surface area contributed by atoms with Crippen molar-refractivity contribution in [1.82, 2.24) is 10.2 Å². The fourth-order valence-corrected chi connectivity index (χ4v) is 3.09. The minimum Gasteiger partial charge on any atom is -0.497 e. The molecule has 1 saturated heterocycles. The summed E-state index contributed by atoms with van der Waals surface area (Å²) in [4.78, 5) is 2.61. The van der Waals surface area contributed by atoms with Gasteiger partial charge in [-0.1, -0.05) is 12.1 Å². The maximum absolute atomic E-state index is 5.21. The summed E-state index contributed by atoms with van der Waals surface area (Å²) >= 11 is 0. The molecule has 1 aliphatic rings. The average Bonchev–Trinajstić information content (AvgIpc) is 2.49. The van der Waals surface area contributed by atoms with E-state index in [1.165, 1.54) is 44.3 Å². The van der Waals surface area contributed by atoms with E-state index in [0.29, 0.717) is 0 Å². The summed E-state index contributed by atoms with van der Waals surface area (Å²) in [5.41, 5.74) is 1.39. The summed E-state index contributed by atoms with van der Waals surface area (Å²) in [5, 5.41) is 3.24. The highest BCUT2D eigenvalue weighted by Crippen LogP contribution is 2.22. The first-order valence-corrected chi connectivity index (χ1v) is 7.81. The molecule has 0 bridgehead atoms. The quantitative estimate of drug-likeness (QED) is 0.775. The zero-order chi connectivity index (χ0) is 14.2. The van der Waals surface area contributed by atoms with Crippen LogP contribution in [0.2, 0.25) is 0 Å². The molecule has 3 heteroatoms. The summed E-state index contributed by atoms with van der Waals surface area (Å²) in [6.07, 6.45) is 5.42. The Hall–Kier alpha value is -1.06. The van der Waals surface area contributed by atoms with Crippen molar-refractivity contribution in [1.29, 1.82) is 0 Å². The molecule has 0 aromatic heterocycles. The van der Waals surface area contributed by atoms with Crippen LogP contribution in [-0.2, 0) is 6.54 Å². The van der Waals surface area contributed by atoms with Gasteiger partial charge in [0.1, 0.15) is 5.75 Å². The van der Waals surface area contributed by atoms with Crippen LogP contribution in [0.3, 0.4) is 0 Å². The van der Waals surface area contributed by atoms with Crippen LogP contribution in [0.15, 0.2) is 24.3 Å². The van der Waals surface area contributed by atoms with Crippen molar-refractivity contribution in [3.05, 3.63) is 29.8 Å². The van der Waals surface area contributed by atoms with Crippen molar-refractivity contribution in [3.8, 4) is 5.75 Å². The molecule has 1 aromatic carbocycles. The molecule has 1 N–H and O–H groups in total. The predicted octanol–water partition coefficient (Wildman–Crippen LogP) is 2.91. The van der Waals surface area contributed by atoms with E-state index in [-0.39, 0.29) is 0 Å². The minimum atomic E-state index is 0.885. The number of rotatable bonds is 7. The third kappa shape index (κ3) is 4.80. The number of methoxy groups -OCH3 is 1. The first-order valence-electron chi connectivity index (χ1n) is 7.81. The topological polar surface area (TPSA) is 24.5 Å². The van der Waals surface area contributed by atoms with Crippen molar-refractivity contribution in [2.24, 2.45) is 5.92 Å². The molecule has 0 amide bonds. The molecule has 0 aliphatic carbocycles. The van der Waals surface area contributed by atoms with Gasteiger partial charge in [0.25, 0.3) is 0 Å². The molecule has 1 aliphatic heterocycles. The van der Waals surface area contributed by atoms with Crippen LogP contribution >= 0.6 is 0 Å². The number of piperidine rings is 1. The number of benzene rings is 1. The lowest BCUT2D eigenvalue weighted by Crippen LogP contribution is -2.35. The molecule has 0 radical (unpaired) electrons. The highest BCUT2D eigenvalue weighted by Gasteiger charge is 2.19. The number of nitrogens with zero attached hydrogens (tertiary/aromatic N) is 1. The number of likely N-dealkylation sites (tertiary alicyclic amines) is 1. The molecular formula is C17H28N2O. The van der Waals surface area contributed by atoms with Crippen LogP contribution in [0.25, 0.3) is 0 Å². The Labute approximate surface area is 123 Å². The molecule has 112 valence electrons. The van der Waals surface area contributed by atoms with Gasteiger partial charge in [-0.2, -0.15) is 0 Å². The number of nitrogens with one attached hydrogen (secondary N) is 1. The number of ether oxygens (including phenoxy) is 1. The fraction of sp³-hybridized carbons (Fsp3) is 0.647. The van der Waals surface area contributed by atoms with Crippen LogP contribution < -0.4 is 10.1 Å². The van der Waals surface area contributed by atoms with Gasteiger partial charge in [-0.3, -0.25) is 4.90 Å². The fourth-order valence-electron chi connectivity index (χ4n) is 3.09. The monoisotopic (exact) mass is 276 g/mol. The van der Waals surface area contributed by atoms with Gasteiger partial charge in [-0.25, -0.2) is 0 Å². The Balaban J connectivity index is 1.79. The summed E-state index contributed by atoms with van der Waals surface area (Å²) < 4.78 is 5.21. The van der Waals surface area contributed by atoms with E-state index < -0.39 is 0 Å². The maximum atomic E-state index is 5.21. The summed E-state index contributed by atoms with van der Waals surface area (Å²) in [7, 11) is 3.76. The van der Waals surface area contributed by atoms with E-state index in [2.05, 4.69) is 34.5 Å². The van der Waals surface area contributed by atoms with Gasteiger partial charge in [0.05, 0.1) is 7.11 Å². The zero-order valence-corrected chi connectivity index (χ0v) is 12.9. The molecule has 1 unspecified atom stereocenters. The van der Waals surface area contributed by atoms with Crippen LogP contribution in [0.1, 0.15) is 31.2 Å². The Morgan fingerprint density at radius 3 is 2.80 bits per heavy atom. The molecule has 1 atom stereocenters. The van der Waals surface area contributed by atoms with E-state index in [0.717, 1.165) is 24.8 Å². The first kappa shape index (κ1) is 15.3. The van der Waals surface area contributed by atoms with E-state index >= 15 is 0 Å². The van der Waals surface area contributed by atoms with Gasteiger partial charge in [0.15, 0.2) is 0 Å². The first-order chi connectivity index (χ1) is 9.81. The van der Waals surface area contributed by atoms with Crippen LogP contribution in [-0.4, -0.2) is 38.7 Å².